The molecule has 2 heteroatoms. The normalized spacial score (nSPS) is 12.3. The molecule has 0 spiro atoms. The predicted octanol–water partition coefficient (Wildman–Crippen LogP) is 12.0. The first-order valence-electron chi connectivity index (χ1n) is 16.7. The Labute approximate surface area is 229 Å². The van der Waals surface area contributed by atoms with Gasteiger partial charge in [-0.05, 0) is 38.0 Å². The summed E-state index contributed by atoms with van der Waals surface area (Å²) >= 11 is 0. The van der Waals surface area contributed by atoms with Gasteiger partial charge in [-0.2, -0.15) is 0 Å². The zero-order chi connectivity index (χ0) is 26.7. The molecule has 218 valence electrons. The van der Waals surface area contributed by atoms with Crippen molar-refractivity contribution in [1.29, 1.82) is 0 Å². The fraction of sp³-hybridized carbons (Fsp3) is 1.00. The van der Waals surface area contributed by atoms with Gasteiger partial charge in [-0.25, -0.2) is 0 Å². The SMILES string of the molecule is CCCCCCC(C)(OCCCCCCCCCCC(C)C)OCCCCCCCCCCC(C)C. The predicted molar refractivity (Wildman–Crippen MR) is 162 cm³/mol. The maximum Gasteiger partial charge on any atom is 0.165 e. The molecule has 0 fully saturated rings. The highest BCUT2D eigenvalue weighted by molar-refractivity contribution is 4.65. The molecule has 0 aromatic heterocycles. The maximum atomic E-state index is 6.37. The number of ether oxygens (including phenoxy) is 2. The van der Waals surface area contributed by atoms with E-state index in [-0.39, 0.29) is 5.79 Å². The van der Waals surface area contributed by atoms with Gasteiger partial charge >= 0.3 is 0 Å². The first kappa shape index (κ1) is 35.9. The molecule has 0 bridgehead atoms. The summed E-state index contributed by atoms with van der Waals surface area (Å²) in [4.78, 5) is 0. The van der Waals surface area contributed by atoms with Gasteiger partial charge < -0.3 is 9.47 Å². The van der Waals surface area contributed by atoms with Crippen LogP contribution in [0.5, 0.6) is 0 Å². The lowest BCUT2D eigenvalue weighted by Gasteiger charge is -2.30. The van der Waals surface area contributed by atoms with Crippen LogP contribution < -0.4 is 0 Å². The van der Waals surface area contributed by atoms with E-state index in [0.29, 0.717) is 0 Å². The summed E-state index contributed by atoms with van der Waals surface area (Å²) in [6, 6.07) is 0. The van der Waals surface area contributed by atoms with Gasteiger partial charge in [-0.1, -0.05) is 157 Å². The number of hydrogen-bond acceptors (Lipinski definition) is 2. The molecule has 0 saturated heterocycles. The molecule has 0 heterocycles. The van der Waals surface area contributed by atoms with E-state index in [4.69, 9.17) is 9.47 Å². The molecule has 0 aromatic rings. The lowest BCUT2D eigenvalue weighted by Crippen LogP contribution is -2.33. The van der Waals surface area contributed by atoms with Gasteiger partial charge in [0.15, 0.2) is 5.79 Å². The molecule has 0 rings (SSSR count). The Balaban J connectivity index is 3.87. The van der Waals surface area contributed by atoms with E-state index in [1.54, 1.807) is 0 Å². The molecule has 2 nitrogen and oxygen atoms in total. The van der Waals surface area contributed by atoms with Crippen molar-refractivity contribution < 1.29 is 9.47 Å². The molecule has 0 amide bonds. The Morgan fingerprint density at radius 2 is 0.778 bits per heavy atom. The van der Waals surface area contributed by atoms with E-state index in [9.17, 15) is 0 Å². The van der Waals surface area contributed by atoms with Crippen LogP contribution in [0.3, 0.4) is 0 Å². The summed E-state index contributed by atoms with van der Waals surface area (Å²) in [5, 5.41) is 0. The van der Waals surface area contributed by atoms with Gasteiger partial charge in [-0.15, -0.1) is 0 Å². The largest absolute Gasteiger partial charge is 0.350 e. The zero-order valence-corrected chi connectivity index (χ0v) is 26.1. The van der Waals surface area contributed by atoms with E-state index in [2.05, 4.69) is 41.5 Å². The second-order valence-electron chi connectivity index (χ2n) is 12.7. The van der Waals surface area contributed by atoms with E-state index >= 15 is 0 Å². The average molecular weight is 511 g/mol. The Hall–Kier alpha value is -0.0800. The van der Waals surface area contributed by atoms with Crippen LogP contribution in [0.2, 0.25) is 0 Å². The Bertz CT molecular complexity index is 387. The fourth-order valence-electron chi connectivity index (χ4n) is 5.07. The second kappa shape index (κ2) is 26.5. The molecular formula is C34H70O2. The van der Waals surface area contributed by atoms with Crippen LogP contribution in [0, 0.1) is 11.8 Å². The molecule has 0 aliphatic carbocycles. The molecule has 0 unspecified atom stereocenters. The number of rotatable bonds is 29. The average Bonchev–Trinajstić information content (AvgIpc) is 2.83. The lowest BCUT2D eigenvalue weighted by atomic mass is 10.0. The van der Waals surface area contributed by atoms with Crippen LogP contribution in [0.25, 0.3) is 0 Å². The van der Waals surface area contributed by atoms with Gasteiger partial charge in [0.25, 0.3) is 0 Å². The van der Waals surface area contributed by atoms with Gasteiger partial charge in [0, 0.05) is 6.42 Å². The first-order chi connectivity index (χ1) is 17.4. The minimum atomic E-state index is -0.374. The molecular weight excluding hydrogens is 440 g/mol. The lowest BCUT2D eigenvalue weighted by molar-refractivity contribution is -0.231. The summed E-state index contributed by atoms with van der Waals surface area (Å²) < 4.78 is 12.7. The highest BCUT2D eigenvalue weighted by atomic mass is 16.7. The number of hydrogen-bond donors (Lipinski definition) is 0. The summed E-state index contributed by atoms with van der Waals surface area (Å²) in [5.74, 6) is 1.36. The van der Waals surface area contributed by atoms with E-state index in [0.717, 1.165) is 31.5 Å². The van der Waals surface area contributed by atoms with Gasteiger partial charge in [-0.3, -0.25) is 0 Å². The minimum absolute atomic E-state index is 0.374. The zero-order valence-electron chi connectivity index (χ0n) is 26.1. The van der Waals surface area contributed by atoms with Crippen molar-refractivity contribution in [2.75, 3.05) is 13.2 Å². The number of unbranched alkanes of at least 4 members (excludes halogenated alkanes) is 17. The monoisotopic (exact) mass is 511 g/mol. The third-order valence-corrected chi connectivity index (χ3v) is 7.65. The smallest absolute Gasteiger partial charge is 0.165 e. The quantitative estimate of drug-likeness (QED) is 0.0735. The van der Waals surface area contributed by atoms with Crippen molar-refractivity contribution in [1.82, 2.24) is 0 Å². The Morgan fingerprint density at radius 1 is 0.444 bits per heavy atom. The van der Waals surface area contributed by atoms with Crippen molar-refractivity contribution in [2.24, 2.45) is 11.8 Å². The fourth-order valence-corrected chi connectivity index (χ4v) is 5.07. The van der Waals surface area contributed by atoms with Crippen LogP contribution in [0.1, 0.15) is 189 Å². The summed E-state index contributed by atoms with van der Waals surface area (Å²) in [6.07, 6.45) is 30.8. The molecule has 0 radical (unpaired) electrons. The topological polar surface area (TPSA) is 18.5 Å². The highest BCUT2D eigenvalue weighted by Crippen LogP contribution is 2.23. The van der Waals surface area contributed by atoms with Crippen LogP contribution in [0.15, 0.2) is 0 Å². The van der Waals surface area contributed by atoms with Crippen LogP contribution in [0.4, 0.5) is 0 Å². The van der Waals surface area contributed by atoms with Crippen molar-refractivity contribution in [2.45, 2.75) is 195 Å². The van der Waals surface area contributed by atoms with Gasteiger partial charge in [0.1, 0.15) is 0 Å². The van der Waals surface area contributed by atoms with Crippen LogP contribution in [-0.4, -0.2) is 19.0 Å². The Morgan fingerprint density at radius 3 is 1.14 bits per heavy atom. The second-order valence-corrected chi connectivity index (χ2v) is 12.7. The third kappa shape index (κ3) is 27.0. The molecule has 0 atom stereocenters. The molecule has 0 aliphatic rings. The van der Waals surface area contributed by atoms with Crippen LogP contribution in [-0.2, 0) is 9.47 Å². The molecule has 36 heavy (non-hydrogen) atoms. The van der Waals surface area contributed by atoms with E-state index < -0.39 is 0 Å². The summed E-state index contributed by atoms with van der Waals surface area (Å²) in [7, 11) is 0. The Kier molecular flexibility index (Phi) is 26.5. The van der Waals surface area contributed by atoms with Crippen molar-refractivity contribution in [3.05, 3.63) is 0 Å². The molecule has 0 saturated carbocycles. The summed E-state index contributed by atoms with van der Waals surface area (Å²) in [5.41, 5.74) is 0. The van der Waals surface area contributed by atoms with E-state index in [1.807, 2.05) is 0 Å². The summed E-state index contributed by atoms with van der Waals surface area (Å²) in [6.45, 7) is 15.5. The van der Waals surface area contributed by atoms with Crippen molar-refractivity contribution >= 4 is 0 Å². The van der Waals surface area contributed by atoms with Gasteiger partial charge in [0.2, 0.25) is 0 Å². The standard InChI is InChI=1S/C34H70O2/c1-7-8-9-24-29-34(6,35-30-25-20-16-12-10-14-18-22-27-32(2)3)36-31-26-21-17-13-11-15-19-23-28-33(4)5/h32-33H,7-31H2,1-6H3. The van der Waals surface area contributed by atoms with Gasteiger partial charge in [0.05, 0.1) is 13.2 Å². The van der Waals surface area contributed by atoms with Crippen LogP contribution >= 0.6 is 0 Å². The molecule has 0 aliphatic heterocycles. The van der Waals surface area contributed by atoms with Crippen molar-refractivity contribution in [3.63, 3.8) is 0 Å². The maximum absolute atomic E-state index is 6.37. The third-order valence-electron chi connectivity index (χ3n) is 7.65. The highest BCUT2D eigenvalue weighted by Gasteiger charge is 2.25. The first-order valence-corrected chi connectivity index (χ1v) is 16.7. The van der Waals surface area contributed by atoms with Crippen molar-refractivity contribution in [3.8, 4) is 0 Å². The van der Waals surface area contributed by atoms with E-state index in [1.165, 1.54) is 141 Å². The molecule has 0 N–H and O–H groups in total. The molecule has 0 aromatic carbocycles. The minimum Gasteiger partial charge on any atom is -0.350 e.